The zero-order valence-electron chi connectivity index (χ0n) is 17.8. The van der Waals surface area contributed by atoms with Gasteiger partial charge in [0.15, 0.2) is 0 Å². The molecule has 4 aromatic rings. The van der Waals surface area contributed by atoms with Crippen LogP contribution in [0, 0.1) is 30.3 Å². The molecule has 1 heterocycles. The van der Waals surface area contributed by atoms with Crippen LogP contribution in [0.3, 0.4) is 0 Å². The van der Waals surface area contributed by atoms with Gasteiger partial charge in [-0.3, -0.25) is 30.3 Å². The molecular weight excluding hydrogens is 480 g/mol. The molecule has 0 saturated carbocycles. The van der Waals surface area contributed by atoms with E-state index < -0.39 is 14.8 Å². The number of rotatable bonds is 9. The fraction of sp³-hybridized carbons (Fsp3) is 0. The number of benzene rings is 3. The monoisotopic (exact) mass is 492 g/mol. The molecule has 0 fully saturated rings. The predicted molar refractivity (Wildman–Crippen MR) is 119 cm³/mol. The van der Waals surface area contributed by atoms with Gasteiger partial charge in [0, 0.05) is 36.4 Å². The molecule has 15 heteroatoms. The third-order valence-corrected chi connectivity index (χ3v) is 4.34. The van der Waals surface area contributed by atoms with Crippen LogP contribution in [0.2, 0.25) is 0 Å². The van der Waals surface area contributed by atoms with E-state index in [1.165, 1.54) is 72.8 Å². The molecule has 0 radical (unpaired) electrons. The van der Waals surface area contributed by atoms with Crippen LogP contribution in [0.1, 0.15) is 0 Å². The van der Waals surface area contributed by atoms with Crippen LogP contribution in [-0.4, -0.2) is 29.7 Å². The third kappa shape index (κ3) is 5.79. The van der Waals surface area contributed by atoms with E-state index in [2.05, 4.69) is 15.0 Å². The number of aromatic nitrogens is 3. The van der Waals surface area contributed by atoms with Crippen LogP contribution >= 0.6 is 0 Å². The Morgan fingerprint density at radius 1 is 0.444 bits per heavy atom. The number of nitro groups is 3. The van der Waals surface area contributed by atoms with E-state index in [1.807, 2.05) is 0 Å². The molecule has 1 aromatic heterocycles. The van der Waals surface area contributed by atoms with Gasteiger partial charge < -0.3 is 14.2 Å². The maximum Gasteiger partial charge on any atom is 0.331 e. The average Bonchev–Trinajstić information content (AvgIpc) is 2.85. The van der Waals surface area contributed by atoms with Crippen molar-refractivity contribution in [1.82, 2.24) is 15.0 Å². The second kappa shape index (κ2) is 10.0. The molecule has 3 aromatic carbocycles. The quantitative estimate of drug-likeness (QED) is 0.225. The van der Waals surface area contributed by atoms with Gasteiger partial charge in [0.25, 0.3) is 17.1 Å². The van der Waals surface area contributed by atoms with Crippen molar-refractivity contribution in [1.29, 1.82) is 0 Å². The summed E-state index contributed by atoms with van der Waals surface area (Å²) in [7, 11) is 0. The zero-order chi connectivity index (χ0) is 25.7. The molecule has 15 nitrogen and oxygen atoms in total. The highest BCUT2D eigenvalue weighted by atomic mass is 16.6. The van der Waals surface area contributed by atoms with Crippen molar-refractivity contribution >= 4 is 17.1 Å². The topological polar surface area (TPSA) is 196 Å². The largest absolute Gasteiger partial charge is 0.424 e. The lowest BCUT2D eigenvalue weighted by Gasteiger charge is -2.09. The summed E-state index contributed by atoms with van der Waals surface area (Å²) >= 11 is 0. The first kappa shape index (κ1) is 23.4. The molecule has 0 aliphatic carbocycles. The first-order valence-electron chi connectivity index (χ1n) is 9.80. The fourth-order valence-electron chi connectivity index (χ4n) is 2.68. The van der Waals surface area contributed by atoms with Crippen LogP contribution < -0.4 is 14.2 Å². The van der Waals surface area contributed by atoms with E-state index in [4.69, 9.17) is 14.2 Å². The van der Waals surface area contributed by atoms with Crippen LogP contribution in [0.5, 0.6) is 35.3 Å². The average molecular weight is 492 g/mol. The van der Waals surface area contributed by atoms with Gasteiger partial charge in [0.1, 0.15) is 17.2 Å². The molecule has 0 spiro atoms. The number of non-ortho nitro benzene ring substituents is 3. The van der Waals surface area contributed by atoms with E-state index >= 15 is 0 Å². The summed E-state index contributed by atoms with van der Waals surface area (Å²) in [6, 6.07) is 14.4. The second-order valence-electron chi connectivity index (χ2n) is 6.74. The highest BCUT2D eigenvalue weighted by Gasteiger charge is 2.15. The summed E-state index contributed by atoms with van der Waals surface area (Å²) in [5.41, 5.74) is -0.452. The molecule has 0 N–H and O–H groups in total. The summed E-state index contributed by atoms with van der Waals surface area (Å²) in [5, 5.41) is 32.5. The van der Waals surface area contributed by atoms with Crippen molar-refractivity contribution in [2.24, 2.45) is 0 Å². The summed E-state index contributed by atoms with van der Waals surface area (Å²) in [5.74, 6) is 0.484. The van der Waals surface area contributed by atoms with Gasteiger partial charge in [-0.25, -0.2) is 0 Å². The first-order chi connectivity index (χ1) is 17.3. The minimum atomic E-state index is -0.570. The highest BCUT2D eigenvalue weighted by Crippen LogP contribution is 2.29. The molecule has 0 aliphatic heterocycles. The van der Waals surface area contributed by atoms with Crippen LogP contribution in [0.15, 0.2) is 72.8 Å². The molecule has 0 aliphatic rings. The Bertz CT molecular complexity index is 1240. The van der Waals surface area contributed by atoms with Crippen LogP contribution in [-0.2, 0) is 0 Å². The Labute approximate surface area is 200 Å². The molecular formula is C21H12N6O9. The highest BCUT2D eigenvalue weighted by molar-refractivity contribution is 5.39. The van der Waals surface area contributed by atoms with Crippen LogP contribution in [0.25, 0.3) is 0 Å². The van der Waals surface area contributed by atoms with Crippen molar-refractivity contribution < 1.29 is 29.0 Å². The Morgan fingerprint density at radius 2 is 0.667 bits per heavy atom. The Hall–Kier alpha value is -5.73. The van der Waals surface area contributed by atoms with Gasteiger partial charge in [0.2, 0.25) is 0 Å². The van der Waals surface area contributed by atoms with Gasteiger partial charge in [-0.2, -0.15) is 0 Å². The van der Waals surface area contributed by atoms with Gasteiger partial charge in [0.05, 0.1) is 14.8 Å². The maximum atomic E-state index is 10.8. The SMILES string of the molecule is O=[N+]([O-])c1ccc(Oc2nc(Oc3ccc([N+](=O)[O-])cc3)nc(Oc3ccc([N+](=O)[O-])cc3)n2)cc1. The molecule has 4 rings (SSSR count). The molecule has 36 heavy (non-hydrogen) atoms. The smallest absolute Gasteiger partial charge is 0.331 e. The summed E-state index contributed by atoms with van der Waals surface area (Å²) in [4.78, 5) is 42.9. The minimum Gasteiger partial charge on any atom is -0.424 e. The standard InChI is InChI=1S/C21H12N6O9/c28-25(29)13-1-7-16(8-2-13)34-19-22-20(35-17-9-3-14(4-10-17)26(30)31)24-21(23-19)36-18-11-5-15(6-12-18)27(32)33/h1-12H. The normalized spacial score (nSPS) is 10.3. The number of nitrogens with zero attached hydrogens (tertiary/aromatic N) is 6. The molecule has 0 atom stereocenters. The summed E-state index contributed by atoms with van der Waals surface area (Å²) in [6.45, 7) is 0. The van der Waals surface area contributed by atoms with Crippen molar-refractivity contribution in [2.45, 2.75) is 0 Å². The summed E-state index contributed by atoms with van der Waals surface area (Å²) in [6.07, 6.45) is 0. The molecule has 0 bridgehead atoms. The van der Waals surface area contributed by atoms with Crippen molar-refractivity contribution in [3.05, 3.63) is 103 Å². The zero-order valence-corrected chi connectivity index (χ0v) is 17.8. The lowest BCUT2D eigenvalue weighted by atomic mass is 10.3. The molecule has 0 saturated heterocycles. The fourth-order valence-corrected chi connectivity index (χ4v) is 2.68. The van der Waals surface area contributed by atoms with E-state index in [9.17, 15) is 30.3 Å². The van der Waals surface area contributed by atoms with Crippen LogP contribution in [0.4, 0.5) is 17.1 Å². The second-order valence-corrected chi connectivity index (χ2v) is 6.74. The van der Waals surface area contributed by atoms with E-state index in [-0.39, 0.29) is 52.3 Å². The van der Waals surface area contributed by atoms with Crippen molar-refractivity contribution in [3.8, 4) is 35.3 Å². The third-order valence-electron chi connectivity index (χ3n) is 4.34. The Balaban J connectivity index is 1.62. The maximum absolute atomic E-state index is 10.8. The molecule has 180 valence electrons. The van der Waals surface area contributed by atoms with Gasteiger partial charge >= 0.3 is 18.0 Å². The number of nitro benzene ring substituents is 3. The predicted octanol–water partition coefficient (Wildman–Crippen LogP) is 4.97. The number of hydrogen-bond donors (Lipinski definition) is 0. The van der Waals surface area contributed by atoms with E-state index in [0.29, 0.717) is 0 Å². The number of ether oxygens (including phenoxy) is 3. The van der Waals surface area contributed by atoms with E-state index in [1.54, 1.807) is 0 Å². The van der Waals surface area contributed by atoms with Gasteiger partial charge in [-0.1, -0.05) is 0 Å². The first-order valence-corrected chi connectivity index (χ1v) is 9.80. The minimum absolute atomic E-state index is 0.151. The molecule has 0 amide bonds. The van der Waals surface area contributed by atoms with E-state index in [0.717, 1.165) is 0 Å². The molecule has 0 unspecified atom stereocenters. The van der Waals surface area contributed by atoms with Crippen molar-refractivity contribution in [3.63, 3.8) is 0 Å². The Morgan fingerprint density at radius 3 is 0.861 bits per heavy atom. The summed E-state index contributed by atoms with van der Waals surface area (Å²) < 4.78 is 16.6. The number of hydrogen-bond acceptors (Lipinski definition) is 12. The van der Waals surface area contributed by atoms with Gasteiger partial charge in [-0.05, 0) is 36.4 Å². The Kier molecular flexibility index (Phi) is 6.53. The lowest BCUT2D eigenvalue weighted by Crippen LogP contribution is -2.01. The van der Waals surface area contributed by atoms with Crippen molar-refractivity contribution in [2.75, 3.05) is 0 Å². The van der Waals surface area contributed by atoms with Gasteiger partial charge in [-0.15, -0.1) is 15.0 Å². The lowest BCUT2D eigenvalue weighted by molar-refractivity contribution is -0.385.